The first kappa shape index (κ1) is 16.9. The Labute approximate surface area is 153 Å². The highest BCUT2D eigenvalue weighted by atomic mass is 16.5. The molecule has 2 aromatic rings. The first-order chi connectivity index (χ1) is 12.6. The Kier molecular flexibility index (Phi) is 4.34. The summed E-state index contributed by atoms with van der Waals surface area (Å²) in [7, 11) is 1.60. The van der Waals surface area contributed by atoms with Crippen molar-refractivity contribution in [1.82, 2.24) is 9.78 Å². The average Bonchev–Trinajstić information content (AvgIpc) is 2.99. The number of ether oxygens (including phenoxy) is 1. The molecule has 0 spiro atoms. The van der Waals surface area contributed by atoms with Gasteiger partial charge in [0.05, 0.1) is 18.8 Å². The van der Waals surface area contributed by atoms with Gasteiger partial charge in [-0.05, 0) is 38.0 Å². The molecule has 6 nitrogen and oxygen atoms in total. The summed E-state index contributed by atoms with van der Waals surface area (Å²) in [6.07, 6.45) is 6.16. The second kappa shape index (κ2) is 6.67. The Morgan fingerprint density at radius 3 is 2.77 bits per heavy atom. The van der Waals surface area contributed by atoms with Crippen LogP contribution in [0.15, 0.2) is 18.2 Å². The molecule has 2 N–H and O–H groups in total. The van der Waals surface area contributed by atoms with E-state index in [4.69, 9.17) is 9.84 Å². The number of amides is 1. The van der Waals surface area contributed by atoms with Crippen LogP contribution in [0.1, 0.15) is 67.3 Å². The van der Waals surface area contributed by atoms with Gasteiger partial charge >= 0.3 is 0 Å². The zero-order chi connectivity index (χ0) is 18.3. The summed E-state index contributed by atoms with van der Waals surface area (Å²) in [5.41, 5.74) is 2.64. The Bertz CT molecular complexity index is 837. The van der Waals surface area contributed by atoms with Crippen molar-refractivity contribution in [1.29, 1.82) is 0 Å². The summed E-state index contributed by atoms with van der Waals surface area (Å²) >= 11 is 0. The number of hydrogen-bond donors (Lipinski definition) is 2. The minimum atomic E-state index is -0.216. The van der Waals surface area contributed by atoms with Crippen LogP contribution in [0.5, 0.6) is 11.5 Å². The fourth-order valence-electron chi connectivity index (χ4n) is 4.37. The molecule has 26 heavy (non-hydrogen) atoms. The van der Waals surface area contributed by atoms with Gasteiger partial charge in [-0.3, -0.25) is 4.79 Å². The molecule has 2 aliphatic rings. The SMILES string of the molecule is COc1ccc(O)c(C2CC(=O)Nc3c2c(C)nn3C2CCCCC2)c1. The predicted octanol–water partition coefficient (Wildman–Crippen LogP) is 3.89. The normalized spacial score (nSPS) is 20.5. The average molecular weight is 355 g/mol. The summed E-state index contributed by atoms with van der Waals surface area (Å²) in [4.78, 5) is 12.5. The van der Waals surface area contributed by atoms with Crippen LogP contribution >= 0.6 is 0 Å². The third kappa shape index (κ3) is 2.83. The van der Waals surface area contributed by atoms with Gasteiger partial charge in [0, 0.05) is 23.5 Å². The number of phenols is 1. The maximum Gasteiger partial charge on any atom is 0.226 e. The molecule has 1 unspecified atom stereocenters. The molecule has 4 rings (SSSR count). The number of nitrogens with one attached hydrogen (secondary N) is 1. The fourth-order valence-corrected chi connectivity index (χ4v) is 4.37. The number of fused-ring (bicyclic) bond motifs is 1. The number of carbonyl (C=O) groups is 1. The molecule has 1 aromatic heterocycles. The minimum absolute atomic E-state index is 0.0401. The number of nitrogens with zero attached hydrogens (tertiary/aromatic N) is 2. The molecule has 1 saturated carbocycles. The molecule has 1 aliphatic carbocycles. The van der Waals surface area contributed by atoms with Crippen molar-refractivity contribution in [2.24, 2.45) is 0 Å². The van der Waals surface area contributed by atoms with Gasteiger partial charge in [0.2, 0.25) is 5.91 Å². The van der Waals surface area contributed by atoms with Gasteiger partial charge < -0.3 is 15.2 Å². The van der Waals surface area contributed by atoms with Gasteiger partial charge in [-0.1, -0.05) is 19.3 Å². The van der Waals surface area contributed by atoms with Crippen LogP contribution in [0.3, 0.4) is 0 Å². The highest BCUT2D eigenvalue weighted by Crippen LogP contribution is 2.45. The molecule has 1 atom stereocenters. The Hall–Kier alpha value is -2.50. The zero-order valence-electron chi connectivity index (χ0n) is 15.3. The fraction of sp³-hybridized carbons (Fsp3) is 0.500. The van der Waals surface area contributed by atoms with Gasteiger partial charge in [0.1, 0.15) is 17.3 Å². The molecule has 2 heterocycles. The number of anilines is 1. The van der Waals surface area contributed by atoms with Crippen LogP contribution in [0.4, 0.5) is 5.82 Å². The third-order valence-electron chi connectivity index (χ3n) is 5.66. The van der Waals surface area contributed by atoms with Crippen LogP contribution < -0.4 is 10.1 Å². The Morgan fingerprint density at radius 1 is 1.27 bits per heavy atom. The first-order valence-corrected chi connectivity index (χ1v) is 9.34. The van der Waals surface area contributed by atoms with E-state index in [2.05, 4.69) is 5.32 Å². The maximum absolute atomic E-state index is 12.5. The monoisotopic (exact) mass is 355 g/mol. The molecule has 1 fully saturated rings. The minimum Gasteiger partial charge on any atom is -0.508 e. The van der Waals surface area contributed by atoms with E-state index in [1.807, 2.05) is 17.7 Å². The van der Waals surface area contributed by atoms with E-state index < -0.39 is 0 Å². The van der Waals surface area contributed by atoms with Crippen LogP contribution in [-0.2, 0) is 4.79 Å². The predicted molar refractivity (Wildman–Crippen MR) is 98.8 cm³/mol. The van der Waals surface area contributed by atoms with Gasteiger partial charge in [-0.15, -0.1) is 0 Å². The smallest absolute Gasteiger partial charge is 0.226 e. The number of aromatic nitrogens is 2. The topological polar surface area (TPSA) is 76.4 Å². The largest absolute Gasteiger partial charge is 0.508 e. The van der Waals surface area contributed by atoms with E-state index in [1.54, 1.807) is 19.2 Å². The lowest BCUT2D eigenvalue weighted by molar-refractivity contribution is -0.116. The molecule has 0 bridgehead atoms. The van der Waals surface area contributed by atoms with Gasteiger partial charge in [0.15, 0.2) is 0 Å². The molecule has 138 valence electrons. The third-order valence-corrected chi connectivity index (χ3v) is 5.66. The van der Waals surface area contributed by atoms with Crippen LogP contribution in [0, 0.1) is 6.92 Å². The molecule has 0 saturated heterocycles. The van der Waals surface area contributed by atoms with Crippen LogP contribution in [0.2, 0.25) is 0 Å². The zero-order valence-corrected chi connectivity index (χ0v) is 15.3. The second-order valence-electron chi connectivity index (χ2n) is 7.31. The van der Waals surface area contributed by atoms with E-state index in [1.165, 1.54) is 19.3 Å². The van der Waals surface area contributed by atoms with Crippen molar-refractivity contribution >= 4 is 11.7 Å². The number of aryl methyl sites for hydroxylation is 1. The lowest BCUT2D eigenvalue weighted by Gasteiger charge is -2.28. The molecular formula is C20H25N3O3. The van der Waals surface area contributed by atoms with E-state index in [-0.39, 0.29) is 17.6 Å². The summed E-state index contributed by atoms with van der Waals surface area (Å²) in [5, 5.41) is 18.3. The van der Waals surface area contributed by atoms with Crippen LogP contribution in [0.25, 0.3) is 0 Å². The van der Waals surface area contributed by atoms with Crippen molar-refractivity contribution in [3.05, 3.63) is 35.0 Å². The van der Waals surface area contributed by atoms with Crippen molar-refractivity contribution in [3.8, 4) is 11.5 Å². The van der Waals surface area contributed by atoms with Crippen LogP contribution in [-0.4, -0.2) is 27.9 Å². The van der Waals surface area contributed by atoms with Crippen molar-refractivity contribution in [2.75, 3.05) is 12.4 Å². The second-order valence-corrected chi connectivity index (χ2v) is 7.31. The summed E-state index contributed by atoms with van der Waals surface area (Å²) in [6.45, 7) is 1.99. The highest BCUT2D eigenvalue weighted by molar-refractivity contribution is 5.94. The van der Waals surface area contributed by atoms with E-state index in [9.17, 15) is 9.90 Å². The molecule has 1 aromatic carbocycles. The van der Waals surface area contributed by atoms with Crippen molar-refractivity contribution < 1.29 is 14.6 Å². The van der Waals surface area contributed by atoms with Gasteiger partial charge in [0.25, 0.3) is 0 Å². The number of aromatic hydroxyl groups is 1. The molecular weight excluding hydrogens is 330 g/mol. The molecule has 6 heteroatoms. The number of hydrogen-bond acceptors (Lipinski definition) is 4. The van der Waals surface area contributed by atoms with E-state index in [0.717, 1.165) is 29.9 Å². The van der Waals surface area contributed by atoms with E-state index >= 15 is 0 Å². The number of carbonyl (C=O) groups excluding carboxylic acids is 1. The number of rotatable bonds is 3. The summed E-state index contributed by atoms with van der Waals surface area (Å²) < 4.78 is 7.33. The van der Waals surface area contributed by atoms with Gasteiger partial charge in [-0.2, -0.15) is 5.10 Å². The Balaban J connectivity index is 1.81. The number of phenolic OH excluding ortho intramolecular Hbond substituents is 1. The van der Waals surface area contributed by atoms with Gasteiger partial charge in [-0.25, -0.2) is 4.68 Å². The van der Waals surface area contributed by atoms with Crippen molar-refractivity contribution in [3.63, 3.8) is 0 Å². The maximum atomic E-state index is 12.5. The molecule has 1 amide bonds. The quantitative estimate of drug-likeness (QED) is 0.876. The van der Waals surface area contributed by atoms with Crippen molar-refractivity contribution in [2.45, 2.75) is 57.4 Å². The summed E-state index contributed by atoms with van der Waals surface area (Å²) in [5.74, 6) is 1.40. The standard InChI is InChI=1S/C20H25N3O3/c1-12-19-16(15-10-14(26-2)8-9-17(15)24)11-18(25)21-20(19)23(22-12)13-6-4-3-5-7-13/h8-10,13,16,24H,3-7,11H2,1-2H3,(H,21,25). The van der Waals surface area contributed by atoms with E-state index in [0.29, 0.717) is 23.8 Å². The molecule has 0 radical (unpaired) electrons. The first-order valence-electron chi connectivity index (χ1n) is 9.34. The highest BCUT2D eigenvalue weighted by Gasteiger charge is 2.35. The number of benzene rings is 1. The Morgan fingerprint density at radius 2 is 2.04 bits per heavy atom. The number of methoxy groups -OCH3 is 1. The lowest BCUT2D eigenvalue weighted by Crippen LogP contribution is -2.26. The lowest BCUT2D eigenvalue weighted by atomic mass is 9.85. The molecule has 1 aliphatic heterocycles. The summed E-state index contributed by atoms with van der Waals surface area (Å²) in [6, 6.07) is 5.51.